The summed E-state index contributed by atoms with van der Waals surface area (Å²) in [6.07, 6.45) is 5.78. The average Bonchev–Trinajstić information content (AvgIpc) is 3.30. The number of nitrogens with zero attached hydrogens (tertiary/aromatic N) is 2. The first kappa shape index (κ1) is 23.2. The van der Waals surface area contributed by atoms with E-state index < -0.39 is 0 Å². The minimum Gasteiger partial charge on any atom is -0.462 e. The van der Waals surface area contributed by atoms with Crippen molar-refractivity contribution in [3.8, 4) is 17.3 Å². The van der Waals surface area contributed by atoms with Gasteiger partial charge in [-0.05, 0) is 25.5 Å². The van der Waals surface area contributed by atoms with Crippen LogP contribution in [0.2, 0.25) is 0 Å². The van der Waals surface area contributed by atoms with Gasteiger partial charge in [0.15, 0.2) is 0 Å². The predicted octanol–water partition coefficient (Wildman–Crippen LogP) is 6.83. The van der Waals surface area contributed by atoms with E-state index >= 15 is 0 Å². The number of anilines is 1. The van der Waals surface area contributed by atoms with Crippen LogP contribution in [0.5, 0.6) is 0 Å². The highest BCUT2D eigenvalue weighted by Crippen LogP contribution is 2.27. The van der Waals surface area contributed by atoms with Crippen LogP contribution in [0.3, 0.4) is 0 Å². The zero-order valence-corrected chi connectivity index (χ0v) is 19.2. The van der Waals surface area contributed by atoms with Gasteiger partial charge in [-0.25, -0.2) is 9.78 Å². The summed E-state index contributed by atoms with van der Waals surface area (Å²) in [7, 11) is 0. The molecule has 1 aromatic heterocycles. The third-order valence-corrected chi connectivity index (χ3v) is 5.83. The molecule has 2 aromatic carbocycles. The van der Waals surface area contributed by atoms with Crippen molar-refractivity contribution in [1.29, 1.82) is 5.26 Å². The molecule has 3 rings (SSSR count). The van der Waals surface area contributed by atoms with E-state index in [4.69, 9.17) is 4.74 Å². The molecular weight excluding hydrogens is 418 g/mol. The Bertz CT molecular complexity index is 1110. The fourth-order valence-electron chi connectivity index (χ4n) is 3.10. The van der Waals surface area contributed by atoms with Crippen molar-refractivity contribution < 1.29 is 9.53 Å². The zero-order chi connectivity index (χ0) is 22.8. The summed E-state index contributed by atoms with van der Waals surface area (Å²) >= 11 is 1.41. The Morgan fingerprint density at radius 3 is 2.69 bits per heavy atom. The van der Waals surface area contributed by atoms with E-state index in [2.05, 4.69) is 23.3 Å². The van der Waals surface area contributed by atoms with Crippen LogP contribution in [0.25, 0.3) is 16.8 Å². The molecule has 0 spiro atoms. The highest BCUT2D eigenvalue weighted by atomic mass is 32.1. The molecule has 0 saturated heterocycles. The van der Waals surface area contributed by atoms with E-state index in [1.54, 1.807) is 24.4 Å². The number of hydrogen-bond acceptors (Lipinski definition) is 6. The summed E-state index contributed by atoms with van der Waals surface area (Å²) in [5.41, 5.74) is 4.46. The Labute approximate surface area is 193 Å². The van der Waals surface area contributed by atoms with E-state index in [1.165, 1.54) is 16.9 Å². The molecule has 0 aliphatic heterocycles. The van der Waals surface area contributed by atoms with Crippen LogP contribution in [0, 0.1) is 18.3 Å². The van der Waals surface area contributed by atoms with Gasteiger partial charge in [0.1, 0.15) is 16.6 Å². The number of esters is 1. The molecule has 0 bridgehead atoms. The minimum atomic E-state index is -0.368. The molecule has 0 unspecified atom stereocenters. The number of aryl methyl sites for hydroxylation is 1. The molecule has 0 aliphatic rings. The summed E-state index contributed by atoms with van der Waals surface area (Å²) in [6.45, 7) is 4.60. The van der Waals surface area contributed by atoms with Gasteiger partial charge in [0.25, 0.3) is 0 Å². The van der Waals surface area contributed by atoms with Crippen molar-refractivity contribution in [3.63, 3.8) is 0 Å². The predicted molar refractivity (Wildman–Crippen MR) is 130 cm³/mol. The second-order valence-corrected chi connectivity index (χ2v) is 8.32. The molecule has 6 heteroatoms. The SMILES string of the molecule is CCCCCCOC(=O)c1ccccc1NC=C(C#N)c1nc(-c2ccc(C)cc2)cs1. The number of benzene rings is 2. The number of rotatable bonds is 10. The lowest BCUT2D eigenvalue weighted by molar-refractivity contribution is 0.0499. The number of carbonyl (C=O) groups excluding carboxylic acids is 1. The Morgan fingerprint density at radius 2 is 1.94 bits per heavy atom. The van der Waals surface area contributed by atoms with Crippen molar-refractivity contribution in [2.45, 2.75) is 39.5 Å². The average molecular weight is 446 g/mol. The first-order valence-corrected chi connectivity index (χ1v) is 11.7. The Kier molecular flexibility index (Phi) is 8.59. The quantitative estimate of drug-likeness (QED) is 0.210. The van der Waals surface area contributed by atoms with Crippen LogP contribution in [0.4, 0.5) is 5.69 Å². The molecule has 3 aromatic rings. The lowest BCUT2D eigenvalue weighted by atomic mass is 10.1. The Morgan fingerprint density at radius 1 is 1.16 bits per heavy atom. The Hall–Kier alpha value is -3.43. The van der Waals surface area contributed by atoms with Gasteiger partial charge in [-0.3, -0.25) is 0 Å². The van der Waals surface area contributed by atoms with Gasteiger partial charge in [0.05, 0.1) is 23.6 Å². The van der Waals surface area contributed by atoms with Crippen LogP contribution in [-0.4, -0.2) is 17.6 Å². The standard InChI is InChI=1S/C26H27N3O2S/c1-3-4-5-8-15-31-26(30)22-9-6-7-10-23(22)28-17-21(16-27)25-29-24(18-32-25)20-13-11-19(2)12-14-20/h6-7,9-14,17-18,28H,3-5,8,15H2,1-2H3. The fraction of sp³-hybridized carbons (Fsp3) is 0.269. The highest BCUT2D eigenvalue weighted by molar-refractivity contribution is 7.11. The molecule has 0 atom stereocenters. The maximum atomic E-state index is 12.5. The van der Waals surface area contributed by atoms with Gasteiger partial charge in [-0.15, -0.1) is 11.3 Å². The number of hydrogen-bond donors (Lipinski definition) is 1. The number of nitriles is 1. The molecule has 164 valence electrons. The summed E-state index contributed by atoms with van der Waals surface area (Å²) in [5, 5.41) is 15.3. The maximum absolute atomic E-state index is 12.5. The summed E-state index contributed by atoms with van der Waals surface area (Å²) in [6, 6.07) is 17.4. The third-order valence-electron chi connectivity index (χ3n) is 4.95. The smallest absolute Gasteiger partial charge is 0.340 e. The summed E-state index contributed by atoms with van der Waals surface area (Å²) in [4.78, 5) is 17.1. The number of para-hydroxylation sites is 1. The second-order valence-electron chi connectivity index (χ2n) is 7.46. The van der Waals surface area contributed by atoms with E-state index in [0.29, 0.717) is 28.4 Å². The van der Waals surface area contributed by atoms with Gasteiger partial charge in [-0.1, -0.05) is 68.1 Å². The van der Waals surface area contributed by atoms with Crippen molar-refractivity contribution in [3.05, 3.63) is 76.2 Å². The van der Waals surface area contributed by atoms with Gasteiger partial charge < -0.3 is 10.1 Å². The van der Waals surface area contributed by atoms with Crippen LogP contribution >= 0.6 is 11.3 Å². The van der Waals surface area contributed by atoms with Gasteiger partial charge >= 0.3 is 5.97 Å². The molecule has 1 heterocycles. The largest absolute Gasteiger partial charge is 0.462 e. The molecule has 0 amide bonds. The van der Waals surface area contributed by atoms with Crippen LogP contribution in [0.1, 0.15) is 53.5 Å². The maximum Gasteiger partial charge on any atom is 0.340 e. The van der Waals surface area contributed by atoms with Crippen molar-refractivity contribution >= 4 is 28.6 Å². The molecule has 0 aliphatic carbocycles. The molecule has 0 saturated carbocycles. The van der Waals surface area contributed by atoms with Gasteiger partial charge in [0, 0.05) is 17.1 Å². The van der Waals surface area contributed by atoms with Crippen LogP contribution in [0.15, 0.2) is 60.1 Å². The molecule has 5 nitrogen and oxygen atoms in total. The number of aromatic nitrogens is 1. The second kappa shape index (κ2) is 11.8. The first-order valence-electron chi connectivity index (χ1n) is 10.8. The number of thiazole rings is 1. The van der Waals surface area contributed by atoms with E-state index in [0.717, 1.165) is 36.9 Å². The lowest BCUT2D eigenvalue weighted by Crippen LogP contribution is -2.09. The van der Waals surface area contributed by atoms with E-state index in [1.807, 2.05) is 42.6 Å². The normalized spacial score (nSPS) is 11.1. The Balaban J connectivity index is 1.70. The number of allylic oxidation sites excluding steroid dienone is 1. The molecular formula is C26H27N3O2S. The summed E-state index contributed by atoms with van der Waals surface area (Å²) < 4.78 is 5.42. The van der Waals surface area contributed by atoms with Gasteiger partial charge in [0.2, 0.25) is 0 Å². The molecule has 1 N–H and O–H groups in total. The fourth-order valence-corrected chi connectivity index (χ4v) is 3.90. The van der Waals surface area contributed by atoms with Gasteiger partial charge in [-0.2, -0.15) is 5.26 Å². The molecule has 0 radical (unpaired) electrons. The van der Waals surface area contributed by atoms with E-state index in [-0.39, 0.29) is 5.97 Å². The zero-order valence-electron chi connectivity index (χ0n) is 18.4. The third kappa shape index (κ3) is 6.29. The van der Waals surface area contributed by atoms with Crippen molar-refractivity contribution in [2.24, 2.45) is 0 Å². The number of ether oxygens (including phenoxy) is 1. The minimum absolute atomic E-state index is 0.368. The summed E-state index contributed by atoms with van der Waals surface area (Å²) in [5.74, 6) is -0.368. The molecule has 0 fully saturated rings. The lowest BCUT2D eigenvalue weighted by Gasteiger charge is -2.09. The number of nitrogens with one attached hydrogen (secondary N) is 1. The molecule has 32 heavy (non-hydrogen) atoms. The topological polar surface area (TPSA) is 75.0 Å². The van der Waals surface area contributed by atoms with Crippen molar-refractivity contribution in [2.75, 3.05) is 11.9 Å². The number of carbonyl (C=O) groups is 1. The van der Waals surface area contributed by atoms with Crippen molar-refractivity contribution in [1.82, 2.24) is 4.98 Å². The highest BCUT2D eigenvalue weighted by Gasteiger charge is 2.13. The van der Waals surface area contributed by atoms with Crippen LogP contribution in [-0.2, 0) is 4.74 Å². The van der Waals surface area contributed by atoms with E-state index in [9.17, 15) is 10.1 Å². The van der Waals surface area contributed by atoms with Crippen LogP contribution < -0.4 is 5.32 Å². The monoisotopic (exact) mass is 445 g/mol. The number of unbranched alkanes of at least 4 members (excludes halogenated alkanes) is 3. The first-order chi connectivity index (χ1) is 15.6.